The summed E-state index contributed by atoms with van der Waals surface area (Å²) in [6, 6.07) is 16.8. The number of nitrogens with two attached hydrogens (primary N) is 1. The van der Waals surface area contributed by atoms with Gasteiger partial charge in [-0.15, -0.1) is 0 Å². The number of aromatic nitrogens is 2. The quantitative estimate of drug-likeness (QED) is 0.759. The van der Waals surface area contributed by atoms with Crippen LogP contribution in [0.5, 0.6) is 0 Å². The van der Waals surface area contributed by atoms with Gasteiger partial charge in [0.05, 0.1) is 23.7 Å². The van der Waals surface area contributed by atoms with Crippen LogP contribution in [0.1, 0.15) is 17.7 Å². The van der Waals surface area contributed by atoms with Gasteiger partial charge < -0.3 is 20.1 Å². The third-order valence-corrected chi connectivity index (χ3v) is 3.80. The molecule has 0 aliphatic carbocycles. The summed E-state index contributed by atoms with van der Waals surface area (Å²) in [5, 5.41) is 10.8. The molecule has 5 nitrogen and oxygen atoms in total. The summed E-state index contributed by atoms with van der Waals surface area (Å²) >= 11 is 0. The molecule has 22 heavy (non-hydrogen) atoms. The Morgan fingerprint density at radius 2 is 1.82 bits per heavy atom. The number of hydrogen-bond donors (Lipinski definition) is 2. The van der Waals surface area contributed by atoms with Crippen LogP contribution in [0.3, 0.4) is 0 Å². The molecule has 0 radical (unpaired) electrons. The average molecular weight is 297 g/mol. The van der Waals surface area contributed by atoms with Gasteiger partial charge in [-0.2, -0.15) is 0 Å². The minimum Gasteiger partial charge on any atom is -0.386 e. The number of para-hydroxylation sites is 2. The van der Waals surface area contributed by atoms with Gasteiger partial charge in [-0.25, -0.2) is 4.98 Å². The predicted molar refractivity (Wildman–Crippen MR) is 86.5 cm³/mol. The Hall–Kier alpha value is -2.37. The highest BCUT2D eigenvalue weighted by atomic mass is 16.5. The molecule has 0 bridgehead atoms. The number of anilines is 1. The maximum atomic E-state index is 10.8. The van der Waals surface area contributed by atoms with E-state index in [1.54, 1.807) is 7.11 Å². The second kappa shape index (κ2) is 6.17. The molecule has 3 N–H and O–H groups in total. The van der Waals surface area contributed by atoms with Crippen molar-refractivity contribution >= 4 is 17.0 Å². The molecule has 0 saturated carbocycles. The third-order valence-electron chi connectivity index (χ3n) is 3.80. The molecule has 3 aromatic rings. The molecule has 0 fully saturated rings. The van der Waals surface area contributed by atoms with Crippen LogP contribution in [0.4, 0.5) is 5.95 Å². The number of ether oxygens (including phenoxy) is 1. The van der Waals surface area contributed by atoms with Gasteiger partial charge in [-0.1, -0.05) is 42.5 Å². The first kappa shape index (κ1) is 14.6. The maximum absolute atomic E-state index is 10.8. The second-order valence-corrected chi connectivity index (χ2v) is 5.21. The van der Waals surface area contributed by atoms with Crippen LogP contribution in [-0.4, -0.2) is 28.4 Å². The Balaban J connectivity index is 2.08. The van der Waals surface area contributed by atoms with E-state index in [0.717, 1.165) is 16.6 Å². The van der Waals surface area contributed by atoms with Crippen molar-refractivity contribution in [3.05, 3.63) is 60.2 Å². The van der Waals surface area contributed by atoms with Crippen LogP contribution >= 0.6 is 0 Å². The molecule has 1 heterocycles. The first-order valence-corrected chi connectivity index (χ1v) is 7.16. The van der Waals surface area contributed by atoms with Crippen LogP contribution < -0.4 is 5.73 Å². The lowest BCUT2D eigenvalue weighted by molar-refractivity contribution is 0.0562. The van der Waals surface area contributed by atoms with Gasteiger partial charge in [-0.3, -0.25) is 0 Å². The molecule has 3 rings (SSSR count). The van der Waals surface area contributed by atoms with E-state index in [1.165, 1.54) is 0 Å². The maximum Gasteiger partial charge on any atom is 0.201 e. The van der Waals surface area contributed by atoms with Gasteiger partial charge in [0.2, 0.25) is 5.95 Å². The van der Waals surface area contributed by atoms with Gasteiger partial charge >= 0.3 is 0 Å². The summed E-state index contributed by atoms with van der Waals surface area (Å²) in [6.07, 6.45) is -0.735. The molecule has 0 aliphatic rings. The molecular formula is C17H19N3O2. The Morgan fingerprint density at radius 3 is 2.55 bits per heavy atom. The molecule has 0 saturated heterocycles. The molecule has 0 spiro atoms. The van der Waals surface area contributed by atoms with Gasteiger partial charge in [0, 0.05) is 7.11 Å². The Labute approximate surface area is 129 Å². The number of nitrogen functional groups attached to an aromatic ring is 1. The molecule has 114 valence electrons. The standard InChI is InChI=1S/C17H19N3O2/c1-22-11-15(16(21)12-7-3-2-4-8-12)20-14-10-6-5-9-13(14)19-17(20)18/h2-10,15-16,21H,11H2,1H3,(H2,18,19). The molecule has 2 unspecified atom stereocenters. The fourth-order valence-corrected chi connectivity index (χ4v) is 2.76. The summed E-state index contributed by atoms with van der Waals surface area (Å²) in [4.78, 5) is 4.37. The smallest absolute Gasteiger partial charge is 0.201 e. The van der Waals surface area contributed by atoms with Crippen molar-refractivity contribution in [3.63, 3.8) is 0 Å². The minimum absolute atomic E-state index is 0.334. The van der Waals surface area contributed by atoms with E-state index in [9.17, 15) is 5.11 Å². The van der Waals surface area contributed by atoms with E-state index < -0.39 is 6.10 Å². The van der Waals surface area contributed by atoms with Gasteiger partial charge in [0.1, 0.15) is 6.10 Å². The summed E-state index contributed by atoms with van der Waals surface area (Å²) < 4.78 is 7.15. The van der Waals surface area contributed by atoms with E-state index in [-0.39, 0.29) is 6.04 Å². The molecule has 2 atom stereocenters. The molecule has 2 aromatic carbocycles. The predicted octanol–water partition coefficient (Wildman–Crippen LogP) is 2.54. The number of hydrogen-bond acceptors (Lipinski definition) is 4. The molecular weight excluding hydrogens is 278 g/mol. The number of rotatable bonds is 5. The van der Waals surface area contributed by atoms with Crippen molar-refractivity contribution in [3.8, 4) is 0 Å². The molecule has 5 heteroatoms. The SMILES string of the molecule is COCC(C(O)c1ccccc1)n1c(N)nc2ccccc21. The summed E-state index contributed by atoms with van der Waals surface area (Å²) in [6.45, 7) is 0.334. The van der Waals surface area contributed by atoms with E-state index >= 15 is 0 Å². The van der Waals surface area contributed by atoms with Gasteiger partial charge in [0.25, 0.3) is 0 Å². The van der Waals surface area contributed by atoms with Crippen LogP contribution in [-0.2, 0) is 4.74 Å². The zero-order chi connectivity index (χ0) is 15.5. The Bertz CT molecular complexity index is 755. The van der Waals surface area contributed by atoms with Crippen molar-refractivity contribution in [2.75, 3.05) is 19.5 Å². The number of aliphatic hydroxyl groups excluding tert-OH is 1. The van der Waals surface area contributed by atoms with Crippen LogP contribution in [0, 0.1) is 0 Å². The number of aliphatic hydroxyl groups is 1. The fourth-order valence-electron chi connectivity index (χ4n) is 2.76. The summed E-state index contributed by atoms with van der Waals surface area (Å²) in [5.74, 6) is 0.373. The number of benzene rings is 2. The monoisotopic (exact) mass is 297 g/mol. The van der Waals surface area contributed by atoms with E-state index in [0.29, 0.717) is 12.6 Å². The highest BCUT2D eigenvalue weighted by molar-refractivity contribution is 5.78. The van der Waals surface area contributed by atoms with Crippen molar-refractivity contribution in [1.29, 1.82) is 0 Å². The topological polar surface area (TPSA) is 73.3 Å². The molecule has 0 amide bonds. The molecule has 0 aliphatic heterocycles. The van der Waals surface area contributed by atoms with E-state index in [2.05, 4.69) is 4.98 Å². The Kier molecular flexibility index (Phi) is 4.09. The van der Waals surface area contributed by atoms with Crippen LogP contribution in [0.2, 0.25) is 0 Å². The normalized spacial score (nSPS) is 14.1. The lowest BCUT2D eigenvalue weighted by atomic mass is 10.0. The zero-order valence-corrected chi connectivity index (χ0v) is 12.4. The van der Waals surface area contributed by atoms with Crippen molar-refractivity contribution in [2.45, 2.75) is 12.1 Å². The lowest BCUT2D eigenvalue weighted by Crippen LogP contribution is -2.23. The van der Waals surface area contributed by atoms with E-state index in [4.69, 9.17) is 10.5 Å². The summed E-state index contributed by atoms with van der Waals surface area (Å²) in [5.41, 5.74) is 8.60. The van der Waals surface area contributed by atoms with Crippen molar-refractivity contribution in [2.24, 2.45) is 0 Å². The number of methoxy groups -OCH3 is 1. The van der Waals surface area contributed by atoms with Crippen molar-refractivity contribution < 1.29 is 9.84 Å². The number of nitrogens with zero attached hydrogens (tertiary/aromatic N) is 2. The summed E-state index contributed by atoms with van der Waals surface area (Å²) in [7, 11) is 1.61. The van der Waals surface area contributed by atoms with Crippen molar-refractivity contribution in [1.82, 2.24) is 9.55 Å². The zero-order valence-electron chi connectivity index (χ0n) is 12.4. The third kappa shape index (κ3) is 2.56. The highest BCUT2D eigenvalue weighted by Gasteiger charge is 2.26. The number of imidazole rings is 1. The van der Waals surface area contributed by atoms with Gasteiger partial charge in [0.15, 0.2) is 0 Å². The average Bonchev–Trinajstić information content (AvgIpc) is 2.88. The van der Waals surface area contributed by atoms with Crippen LogP contribution in [0.15, 0.2) is 54.6 Å². The van der Waals surface area contributed by atoms with E-state index in [1.807, 2.05) is 59.2 Å². The number of fused-ring (bicyclic) bond motifs is 1. The minimum atomic E-state index is -0.735. The van der Waals surface area contributed by atoms with Gasteiger partial charge in [-0.05, 0) is 17.7 Å². The van der Waals surface area contributed by atoms with Crippen LogP contribution in [0.25, 0.3) is 11.0 Å². The largest absolute Gasteiger partial charge is 0.386 e. The Morgan fingerprint density at radius 1 is 1.14 bits per heavy atom. The fraction of sp³-hybridized carbons (Fsp3) is 0.235. The first-order chi connectivity index (χ1) is 10.7. The second-order valence-electron chi connectivity index (χ2n) is 5.21. The first-order valence-electron chi connectivity index (χ1n) is 7.16. The highest BCUT2D eigenvalue weighted by Crippen LogP contribution is 2.32. The molecule has 1 aromatic heterocycles. The lowest BCUT2D eigenvalue weighted by Gasteiger charge is -2.25.